The van der Waals surface area contributed by atoms with E-state index >= 15 is 0 Å². The first kappa shape index (κ1) is 20.1. The van der Waals surface area contributed by atoms with Crippen molar-refractivity contribution in [3.05, 3.63) is 23.5 Å². The lowest BCUT2D eigenvalue weighted by Crippen LogP contribution is -2.44. The molecule has 2 aromatic heterocycles. The molecule has 5 rings (SSSR count). The van der Waals surface area contributed by atoms with Crippen LogP contribution in [0.15, 0.2) is 12.3 Å². The normalized spacial score (nSPS) is 29.8. The molecule has 0 saturated carbocycles. The zero-order valence-corrected chi connectivity index (χ0v) is 18.6. The average Bonchev–Trinajstić information content (AvgIpc) is 3.46. The fraction of sp³-hybridized carbons (Fsp3) is 0.667. The number of rotatable bonds is 3. The number of aromatic nitrogens is 3. The summed E-state index contributed by atoms with van der Waals surface area (Å²) in [6, 6.07) is 2.32. The Morgan fingerprint density at radius 1 is 1.30 bits per heavy atom. The molecule has 5 heterocycles. The zero-order chi connectivity index (χ0) is 20.8. The SMILES string of the molecule is Cc1cn2nc([C@@H]3CCCCN3C(=O)C3CNC(C)S3)cc2nc1N1CC[C@H](N)C1. The summed E-state index contributed by atoms with van der Waals surface area (Å²) >= 11 is 1.73. The van der Waals surface area contributed by atoms with Crippen molar-refractivity contribution in [3.8, 4) is 0 Å². The number of amides is 1. The van der Waals surface area contributed by atoms with Crippen molar-refractivity contribution in [2.24, 2.45) is 5.73 Å². The third kappa shape index (κ3) is 3.67. The number of hydrogen-bond donors (Lipinski definition) is 2. The molecule has 2 aromatic rings. The van der Waals surface area contributed by atoms with Gasteiger partial charge >= 0.3 is 0 Å². The Morgan fingerprint density at radius 3 is 2.90 bits per heavy atom. The van der Waals surface area contributed by atoms with E-state index in [1.807, 2.05) is 4.52 Å². The Bertz CT molecular complexity index is 947. The van der Waals surface area contributed by atoms with Gasteiger partial charge in [0.25, 0.3) is 0 Å². The molecule has 3 fully saturated rings. The minimum atomic E-state index is 0.00368. The molecule has 30 heavy (non-hydrogen) atoms. The molecular formula is C21H31N7OS. The number of fused-ring (bicyclic) bond motifs is 1. The predicted molar refractivity (Wildman–Crippen MR) is 120 cm³/mol. The van der Waals surface area contributed by atoms with Crippen molar-refractivity contribution >= 4 is 29.1 Å². The van der Waals surface area contributed by atoms with E-state index in [0.29, 0.717) is 5.37 Å². The Balaban J connectivity index is 1.43. The largest absolute Gasteiger partial charge is 0.355 e. The van der Waals surface area contributed by atoms with Crippen LogP contribution in [0.5, 0.6) is 0 Å². The number of nitrogens with two attached hydrogens (primary N) is 1. The summed E-state index contributed by atoms with van der Waals surface area (Å²) in [6.07, 6.45) is 6.20. The molecule has 0 bridgehead atoms. The van der Waals surface area contributed by atoms with Crippen LogP contribution in [0.1, 0.15) is 49.9 Å². The number of nitrogens with one attached hydrogen (secondary N) is 1. The maximum atomic E-state index is 13.3. The summed E-state index contributed by atoms with van der Waals surface area (Å²) in [5.41, 5.74) is 9.00. The van der Waals surface area contributed by atoms with Crippen molar-refractivity contribution in [2.75, 3.05) is 31.1 Å². The maximum Gasteiger partial charge on any atom is 0.237 e. The number of anilines is 1. The molecule has 3 N–H and O–H groups in total. The molecule has 0 aliphatic carbocycles. The number of likely N-dealkylation sites (tertiary alicyclic amines) is 1. The highest BCUT2D eigenvalue weighted by Crippen LogP contribution is 2.34. The predicted octanol–water partition coefficient (Wildman–Crippen LogP) is 1.68. The van der Waals surface area contributed by atoms with Gasteiger partial charge in [-0.15, -0.1) is 11.8 Å². The second-order valence-electron chi connectivity index (χ2n) is 8.83. The van der Waals surface area contributed by atoms with Crippen LogP contribution < -0.4 is 16.0 Å². The van der Waals surface area contributed by atoms with Gasteiger partial charge in [0.05, 0.1) is 22.4 Å². The fourth-order valence-electron chi connectivity index (χ4n) is 4.93. The first-order chi connectivity index (χ1) is 14.5. The number of nitrogens with zero attached hydrogens (tertiary/aromatic N) is 5. The minimum Gasteiger partial charge on any atom is -0.355 e. The summed E-state index contributed by atoms with van der Waals surface area (Å²) in [5.74, 6) is 1.25. The van der Waals surface area contributed by atoms with Crippen molar-refractivity contribution < 1.29 is 4.79 Å². The van der Waals surface area contributed by atoms with Crippen LogP contribution in [0.4, 0.5) is 5.82 Å². The molecule has 0 aromatic carbocycles. The molecule has 162 valence electrons. The Labute approximate surface area is 181 Å². The summed E-state index contributed by atoms with van der Waals surface area (Å²) in [4.78, 5) is 22.5. The molecule has 1 amide bonds. The summed E-state index contributed by atoms with van der Waals surface area (Å²) < 4.78 is 1.87. The Kier molecular flexibility index (Phi) is 5.37. The lowest BCUT2D eigenvalue weighted by Gasteiger charge is -2.36. The first-order valence-corrected chi connectivity index (χ1v) is 12.0. The van der Waals surface area contributed by atoms with Crippen LogP contribution in [-0.2, 0) is 4.79 Å². The third-order valence-electron chi connectivity index (χ3n) is 6.51. The number of thioether (sulfide) groups is 1. The number of carbonyl (C=O) groups is 1. The van der Waals surface area contributed by atoms with E-state index < -0.39 is 0 Å². The number of carbonyl (C=O) groups excluding carboxylic acids is 1. The van der Waals surface area contributed by atoms with Crippen molar-refractivity contribution in [3.63, 3.8) is 0 Å². The maximum absolute atomic E-state index is 13.3. The standard InChI is InChI=1S/C21H31N7OS/c1-13-11-28-19(24-20(13)26-8-6-15(22)12-26)9-16(25-28)17-5-3-4-7-27(17)21(29)18-10-23-14(2)30-18/h9,11,14-15,17-18,23H,3-8,10,12,22H2,1-2H3/t14?,15-,17-,18?/m0/s1. The second-order valence-corrected chi connectivity index (χ2v) is 10.4. The molecule has 4 atom stereocenters. The van der Waals surface area contributed by atoms with Gasteiger partial charge in [-0.05, 0) is 39.5 Å². The van der Waals surface area contributed by atoms with Gasteiger partial charge < -0.3 is 20.9 Å². The van der Waals surface area contributed by atoms with Crippen LogP contribution in [0.25, 0.3) is 5.65 Å². The monoisotopic (exact) mass is 429 g/mol. The Hall–Kier alpha value is -1.84. The molecule has 0 spiro atoms. The molecule has 2 unspecified atom stereocenters. The highest BCUT2D eigenvalue weighted by molar-refractivity contribution is 8.01. The molecule has 3 aliphatic heterocycles. The summed E-state index contributed by atoms with van der Waals surface area (Å²) in [7, 11) is 0. The molecule has 3 aliphatic rings. The van der Waals surface area contributed by atoms with Gasteiger partial charge in [0.15, 0.2) is 5.65 Å². The van der Waals surface area contributed by atoms with Gasteiger partial charge in [-0.1, -0.05) is 0 Å². The van der Waals surface area contributed by atoms with E-state index in [0.717, 1.165) is 74.6 Å². The van der Waals surface area contributed by atoms with Crippen molar-refractivity contribution in [2.45, 2.75) is 62.2 Å². The minimum absolute atomic E-state index is 0.00368. The number of hydrogen-bond acceptors (Lipinski definition) is 7. The average molecular weight is 430 g/mol. The van der Waals surface area contributed by atoms with Gasteiger partial charge in [0.1, 0.15) is 5.82 Å². The highest BCUT2D eigenvalue weighted by atomic mass is 32.2. The lowest BCUT2D eigenvalue weighted by atomic mass is 9.99. The van der Waals surface area contributed by atoms with E-state index in [-0.39, 0.29) is 23.2 Å². The van der Waals surface area contributed by atoms with E-state index in [1.165, 1.54) is 0 Å². The van der Waals surface area contributed by atoms with Gasteiger partial charge in [0.2, 0.25) is 5.91 Å². The summed E-state index contributed by atoms with van der Waals surface area (Å²) in [6.45, 7) is 7.55. The first-order valence-electron chi connectivity index (χ1n) is 11.1. The third-order valence-corrected chi connectivity index (χ3v) is 7.78. The van der Waals surface area contributed by atoms with Gasteiger partial charge in [-0.25, -0.2) is 9.50 Å². The second kappa shape index (κ2) is 8.01. The molecule has 8 nitrogen and oxygen atoms in total. The van der Waals surface area contributed by atoms with Crippen LogP contribution in [0, 0.1) is 6.92 Å². The topological polar surface area (TPSA) is 91.8 Å². The van der Waals surface area contributed by atoms with E-state index in [9.17, 15) is 4.79 Å². The molecule has 3 saturated heterocycles. The summed E-state index contributed by atoms with van der Waals surface area (Å²) in [5, 5.41) is 8.57. The van der Waals surface area contributed by atoms with Gasteiger partial charge in [0, 0.05) is 50.0 Å². The smallest absolute Gasteiger partial charge is 0.237 e. The van der Waals surface area contributed by atoms with Crippen LogP contribution in [-0.4, -0.2) is 68.2 Å². The van der Waals surface area contributed by atoms with Crippen LogP contribution in [0.2, 0.25) is 0 Å². The molecule has 0 radical (unpaired) electrons. The van der Waals surface area contributed by atoms with Gasteiger partial charge in [-0.2, -0.15) is 5.10 Å². The van der Waals surface area contributed by atoms with Crippen molar-refractivity contribution in [1.82, 2.24) is 24.8 Å². The number of piperidine rings is 1. The van der Waals surface area contributed by atoms with E-state index in [4.69, 9.17) is 15.8 Å². The van der Waals surface area contributed by atoms with Crippen molar-refractivity contribution in [1.29, 1.82) is 0 Å². The van der Waals surface area contributed by atoms with Crippen LogP contribution >= 0.6 is 11.8 Å². The van der Waals surface area contributed by atoms with Gasteiger partial charge in [-0.3, -0.25) is 4.79 Å². The quantitative estimate of drug-likeness (QED) is 0.767. The number of aryl methyl sites for hydroxylation is 1. The van der Waals surface area contributed by atoms with E-state index in [1.54, 1.807) is 11.8 Å². The highest BCUT2D eigenvalue weighted by Gasteiger charge is 2.37. The Morgan fingerprint density at radius 2 is 2.17 bits per heavy atom. The van der Waals surface area contributed by atoms with Crippen LogP contribution in [0.3, 0.4) is 0 Å². The lowest BCUT2D eigenvalue weighted by molar-refractivity contribution is -0.134. The zero-order valence-electron chi connectivity index (χ0n) is 17.8. The molecular weight excluding hydrogens is 398 g/mol. The fourth-order valence-corrected chi connectivity index (χ4v) is 6.06. The van der Waals surface area contributed by atoms with E-state index in [2.05, 4.69) is 41.2 Å². The molecule has 9 heteroatoms.